The second kappa shape index (κ2) is 5.67. The zero-order valence-electron chi connectivity index (χ0n) is 10.2. The van der Waals surface area contributed by atoms with Crippen molar-refractivity contribution in [2.45, 2.75) is 32.6 Å². The number of carbonyl (C=O) groups is 1. The van der Waals surface area contributed by atoms with E-state index in [1.807, 2.05) is 18.2 Å². The van der Waals surface area contributed by atoms with Crippen LogP contribution >= 0.6 is 0 Å². The van der Waals surface area contributed by atoms with Crippen LogP contribution in [-0.2, 0) is 4.74 Å². The smallest absolute Gasteiger partial charge is 0.338 e. The molecule has 17 heavy (non-hydrogen) atoms. The first-order chi connectivity index (χ1) is 8.27. The molecule has 0 saturated carbocycles. The fourth-order valence-electron chi connectivity index (χ4n) is 2.12. The van der Waals surface area contributed by atoms with Crippen molar-refractivity contribution in [2.24, 2.45) is 0 Å². The molecule has 0 atom stereocenters. The molecule has 2 heteroatoms. The molecule has 90 valence electrons. The van der Waals surface area contributed by atoms with E-state index in [0.29, 0.717) is 12.2 Å². The molecule has 0 spiro atoms. The maximum Gasteiger partial charge on any atom is 0.338 e. The lowest BCUT2D eigenvalue weighted by atomic mass is 9.93. The first-order valence-electron chi connectivity index (χ1n) is 6.17. The Labute approximate surface area is 102 Å². The summed E-state index contributed by atoms with van der Waals surface area (Å²) < 4.78 is 5.34. The number of allylic oxidation sites excluding steroid dienone is 1. The molecule has 1 aliphatic carbocycles. The van der Waals surface area contributed by atoms with Gasteiger partial charge in [-0.3, -0.25) is 0 Å². The van der Waals surface area contributed by atoms with Gasteiger partial charge in [0.25, 0.3) is 0 Å². The van der Waals surface area contributed by atoms with Gasteiger partial charge in [0.15, 0.2) is 0 Å². The van der Waals surface area contributed by atoms with Crippen molar-refractivity contribution in [3.05, 3.63) is 47.0 Å². The molecule has 0 radical (unpaired) electrons. The van der Waals surface area contributed by atoms with Crippen molar-refractivity contribution < 1.29 is 9.53 Å². The number of hydrogen-bond acceptors (Lipinski definition) is 2. The molecule has 2 nitrogen and oxygen atoms in total. The molecule has 0 unspecified atom stereocenters. The van der Waals surface area contributed by atoms with E-state index in [-0.39, 0.29) is 5.97 Å². The van der Waals surface area contributed by atoms with Gasteiger partial charge in [-0.2, -0.15) is 0 Å². The van der Waals surface area contributed by atoms with Crippen LogP contribution in [0.5, 0.6) is 0 Å². The summed E-state index contributed by atoms with van der Waals surface area (Å²) in [6.07, 6.45) is 4.71. The third-order valence-corrected chi connectivity index (χ3v) is 3.27. The Balaban J connectivity index is 1.92. The van der Waals surface area contributed by atoms with Gasteiger partial charge in [0.1, 0.15) is 6.61 Å². The Morgan fingerprint density at radius 3 is 2.59 bits per heavy atom. The van der Waals surface area contributed by atoms with Crippen LogP contribution in [-0.4, -0.2) is 12.6 Å². The standard InChI is InChI=1S/C15H18O2/c1-12-7-5-6-10-14(12)11-17-15(16)13-8-3-2-4-9-13/h2-4,8-9H,5-7,10-11H2,1H3. The minimum Gasteiger partial charge on any atom is -0.458 e. The molecule has 0 aromatic heterocycles. The summed E-state index contributed by atoms with van der Waals surface area (Å²) in [7, 11) is 0. The Kier molecular flexibility index (Phi) is 3.97. The molecule has 2 rings (SSSR count). The van der Waals surface area contributed by atoms with Crippen molar-refractivity contribution in [2.75, 3.05) is 6.61 Å². The second-order valence-electron chi connectivity index (χ2n) is 4.53. The minimum atomic E-state index is -0.225. The Morgan fingerprint density at radius 2 is 1.88 bits per heavy atom. The molecule has 1 aromatic rings. The summed E-state index contributed by atoms with van der Waals surface area (Å²) in [5, 5.41) is 0. The third kappa shape index (κ3) is 3.19. The summed E-state index contributed by atoms with van der Waals surface area (Å²) in [5.74, 6) is -0.225. The van der Waals surface area contributed by atoms with Gasteiger partial charge in [-0.25, -0.2) is 4.79 Å². The molecular weight excluding hydrogens is 212 g/mol. The highest BCUT2D eigenvalue weighted by Crippen LogP contribution is 2.24. The van der Waals surface area contributed by atoms with E-state index < -0.39 is 0 Å². The fourth-order valence-corrected chi connectivity index (χ4v) is 2.12. The summed E-state index contributed by atoms with van der Waals surface area (Å²) in [4.78, 5) is 11.7. The van der Waals surface area contributed by atoms with Gasteiger partial charge in [0.2, 0.25) is 0 Å². The maximum absolute atomic E-state index is 11.7. The average molecular weight is 230 g/mol. The summed E-state index contributed by atoms with van der Waals surface area (Å²) in [6, 6.07) is 9.16. The molecule has 1 aromatic carbocycles. The quantitative estimate of drug-likeness (QED) is 0.584. The predicted octanol–water partition coefficient (Wildman–Crippen LogP) is 3.73. The monoisotopic (exact) mass is 230 g/mol. The topological polar surface area (TPSA) is 26.3 Å². The van der Waals surface area contributed by atoms with Gasteiger partial charge < -0.3 is 4.74 Å². The predicted molar refractivity (Wildman–Crippen MR) is 67.9 cm³/mol. The molecule has 0 bridgehead atoms. The van der Waals surface area contributed by atoms with Crippen LogP contribution in [0.25, 0.3) is 0 Å². The van der Waals surface area contributed by atoms with E-state index in [0.717, 1.165) is 12.8 Å². The Bertz CT molecular complexity index is 418. The SMILES string of the molecule is CC1=C(COC(=O)c2ccccc2)CCCC1. The second-order valence-corrected chi connectivity index (χ2v) is 4.53. The van der Waals surface area contributed by atoms with Gasteiger partial charge in [-0.05, 0) is 50.3 Å². The van der Waals surface area contributed by atoms with E-state index >= 15 is 0 Å². The molecule has 0 fully saturated rings. The number of esters is 1. The zero-order valence-corrected chi connectivity index (χ0v) is 10.2. The first kappa shape index (κ1) is 11.9. The molecule has 0 saturated heterocycles. The van der Waals surface area contributed by atoms with Crippen molar-refractivity contribution >= 4 is 5.97 Å². The Morgan fingerprint density at radius 1 is 1.18 bits per heavy atom. The lowest BCUT2D eigenvalue weighted by molar-refractivity contribution is 0.0535. The van der Waals surface area contributed by atoms with Crippen LogP contribution in [0.2, 0.25) is 0 Å². The van der Waals surface area contributed by atoms with Crippen LogP contribution in [0.3, 0.4) is 0 Å². The first-order valence-corrected chi connectivity index (χ1v) is 6.17. The molecule has 0 amide bonds. The van der Waals surface area contributed by atoms with Crippen LogP contribution in [0.15, 0.2) is 41.5 Å². The molecular formula is C15H18O2. The van der Waals surface area contributed by atoms with Crippen molar-refractivity contribution in [3.63, 3.8) is 0 Å². The number of benzene rings is 1. The Hall–Kier alpha value is -1.57. The van der Waals surface area contributed by atoms with Crippen molar-refractivity contribution in [3.8, 4) is 0 Å². The van der Waals surface area contributed by atoms with E-state index in [4.69, 9.17) is 4.74 Å². The normalized spacial score (nSPS) is 15.8. The van der Waals surface area contributed by atoms with Crippen LogP contribution in [0.4, 0.5) is 0 Å². The fraction of sp³-hybridized carbons (Fsp3) is 0.400. The molecule has 0 aliphatic heterocycles. The van der Waals surface area contributed by atoms with E-state index in [1.54, 1.807) is 12.1 Å². The number of rotatable bonds is 3. The molecule has 0 heterocycles. The third-order valence-electron chi connectivity index (χ3n) is 3.27. The largest absolute Gasteiger partial charge is 0.458 e. The average Bonchev–Trinajstić information content (AvgIpc) is 2.38. The lowest BCUT2D eigenvalue weighted by Gasteiger charge is -2.17. The highest BCUT2D eigenvalue weighted by molar-refractivity contribution is 5.89. The van der Waals surface area contributed by atoms with E-state index in [2.05, 4.69) is 6.92 Å². The highest BCUT2D eigenvalue weighted by atomic mass is 16.5. The minimum absolute atomic E-state index is 0.225. The van der Waals surface area contributed by atoms with Gasteiger partial charge in [0, 0.05) is 0 Å². The lowest BCUT2D eigenvalue weighted by Crippen LogP contribution is -2.10. The van der Waals surface area contributed by atoms with Crippen molar-refractivity contribution in [1.29, 1.82) is 0 Å². The number of carbonyl (C=O) groups excluding carboxylic acids is 1. The zero-order chi connectivity index (χ0) is 12.1. The van der Waals surface area contributed by atoms with E-state index in [9.17, 15) is 4.79 Å². The van der Waals surface area contributed by atoms with Gasteiger partial charge in [-0.1, -0.05) is 23.8 Å². The number of hydrogen-bond donors (Lipinski definition) is 0. The van der Waals surface area contributed by atoms with Gasteiger partial charge >= 0.3 is 5.97 Å². The van der Waals surface area contributed by atoms with Crippen LogP contribution in [0, 0.1) is 0 Å². The number of ether oxygens (including phenoxy) is 1. The molecule has 0 N–H and O–H groups in total. The summed E-state index contributed by atoms with van der Waals surface area (Å²) in [5.41, 5.74) is 3.33. The van der Waals surface area contributed by atoms with Gasteiger partial charge in [0.05, 0.1) is 5.56 Å². The van der Waals surface area contributed by atoms with Gasteiger partial charge in [-0.15, -0.1) is 0 Å². The maximum atomic E-state index is 11.7. The molecule has 1 aliphatic rings. The van der Waals surface area contributed by atoms with Crippen LogP contribution in [0.1, 0.15) is 43.0 Å². The van der Waals surface area contributed by atoms with Crippen LogP contribution < -0.4 is 0 Å². The summed E-state index contributed by atoms with van der Waals surface area (Å²) >= 11 is 0. The highest BCUT2D eigenvalue weighted by Gasteiger charge is 2.12. The van der Waals surface area contributed by atoms with Crippen molar-refractivity contribution in [1.82, 2.24) is 0 Å². The van der Waals surface area contributed by atoms with E-state index in [1.165, 1.54) is 24.0 Å². The summed E-state index contributed by atoms with van der Waals surface area (Å²) in [6.45, 7) is 2.60.